The highest BCUT2D eigenvalue weighted by molar-refractivity contribution is 7.93. The second-order valence-corrected chi connectivity index (χ2v) is 7.50. The minimum atomic E-state index is -3.99. The zero-order chi connectivity index (χ0) is 16.9. The number of carboxylic acid groups (broad SMARTS) is 1. The van der Waals surface area contributed by atoms with Crippen molar-refractivity contribution >= 4 is 15.8 Å². The van der Waals surface area contributed by atoms with E-state index in [1.54, 1.807) is 6.92 Å². The lowest BCUT2D eigenvalue weighted by atomic mass is 9.97. The highest BCUT2D eigenvalue weighted by atomic mass is 32.2. The van der Waals surface area contributed by atoms with E-state index in [0.29, 0.717) is 18.8 Å². The molecule has 0 amide bonds. The quantitative estimate of drug-likeness (QED) is 0.781. The summed E-state index contributed by atoms with van der Waals surface area (Å²) in [6, 6.07) is 5.80. The molecule has 1 aliphatic heterocycles. The zero-order valence-electron chi connectivity index (χ0n) is 12.8. The second-order valence-electron chi connectivity index (χ2n) is 5.24. The topological polar surface area (TPSA) is 92.7 Å². The van der Waals surface area contributed by atoms with Gasteiger partial charge in [-0.2, -0.15) is 0 Å². The minimum absolute atomic E-state index is 0.00396. The van der Waals surface area contributed by atoms with E-state index in [9.17, 15) is 18.3 Å². The van der Waals surface area contributed by atoms with E-state index >= 15 is 0 Å². The first kappa shape index (κ1) is 17.3. The standard InChI is InChI=1S/C16H19NO5S/c1-2-3-12-22-13-4-6-14(7-5-13)23(20,21)16(15(18)19)8-10-17-11-9-16/h4-7,17H,8-12H2,1H3,(H,18,19). The van der Waals surface area contributed by atoms with Gasteiger partial charge in [-0.05, 0) is 57.1 Å². The van der Waals surface area contributed by atoms with Crippen molar-refractivity contribution in [2.24, 2.45) is 0 Å². The Bertz CT molecular complexity index is 722. The SMILES string of the molecule is CC#CCOc1ccc(S(=O)(=O)C2(C(=O)O)CCNCC2)cc1. The molecule has 23 heavy (non-hydrogen) atoms. The van der Waals surface area contributed by atoms with E-state index in [2.05, 4.69) is 17.2 Å². The molecule has 2 rings (SSSR count). The molecule has 0 bridgehead atoms. The van der Waals surface area contributed by atoms with Crippen LogP contribution < -0.4 is 10.1 Å². The second kappa shape index (κ2) is 7.02. The number of sulfone groups is 1. The number of carbonyl (C=O) groups is 1. The van der Waals surface area contributed by atoms with Crippen LogP contribution in [-0.2, 0) is 14.6 Å². The van der Waals surface area contributed by atoms with E-state index in [-0.39, 0.29) is 24.3 Å². The summed E-state index contributed by atoms with van der Waals surface area (Å²) in [5.41, 5.74) is 0. The van der Waals surface area contributed by atoms with Gasteiger partial charge in [0.25, 0.3) is 0 Å². The number of benzene rings is 1. The third-order valence-corrected chi connectivity index (χ3v) is 6.44. The molecular formula is C16H19NO5S. The number of piperidine rings is 1. The summed E-state index contributed by atoms with van der Waals surface area (Å²) in [4.78, 5) is 11.7. The first-order chi connectivity index (χ1) is 10.9. The molecule has 124 valence electrons. The first-order valence-corrected chi connectivity index (χ1v) is 8.73. The summed E-state index contributed by atoms with van der Waals surface area (Å²) in [5.74, 6) is 4.62. The molecule has 0 aliphatic carbocycles. The van der Waals surface area contributed by atoms with E-state index in [4.69, 9.17) is 4.74 Å². The lowest BCUT2D eigenvalue weighted by Crippen LogP contribution is -2.53. The van der Waals surface area contributed by atoms with E-state index < -0.39 is 20.6 Å². The maximum atomic E-state index is 12.9. The largest absolute Gasteiger partial charge is 0.481 e. The molecule has 0 spiro atoms. The van der Waals surface area contributed by atoms with Crippen LogP contribution in [0, 0.1) is 11.8 Å². The molecule has 1 aromatic rings. The minimum Gasteiger partial charge on any atom is -0.481 e. The van der Waals surface area contributed by atoms with Crippen LogP contribution in [0.2, 0.25) is 0 Å². The number of nitrogens with one attached hydrogen (secondary N) is 1. The molecule has 7 heteroatoms. The average Bonchev–Trinajstić information content (AvgIpc) is 2.56. The smallest absolute Gasteiger partial charge is 0.325 e. The number of hydrogen-bond acceptors (Lipinski definition) is 5. The normalized spacial score (nSPS) is 16.9. The van der Waals surface area contributed by atoms with Crippen molar-refractivity contribution in [2.75, 3.05) is 19.7 Å². The first-order valence-electron chi connectivity index (χ1n) is 7.25. The van der Waals surface area contributed by atoms with Crippen molar-refractivity contribution in [2.45, 2.75) is 29.4 Å². The van der Waals surface area contributed by atoms with Gasteiger partial charge in [-0.15, -0.1) is 5.92 Å². The predicted octanol–water partition coefficient (Wildman–Crippen LogP) is 1.07. The van der Waals surface area contributed by atoms with Crippen LogP contribution in [0.1, 0.15) is 19.8 Å². The zero-order valence-corrected chi connectivity index (χ0v) is 13.6. The van der Waals surface area contributed by atoms with Gasteiger partial charge in [-0.3, -0.25) is 4.79 Å². The molecule has 0 atom stereocenters. The molecule has 0 aromatic heterocycles. The maximum absolute atomic E-state index is 12.9. The number of carboxylic acids is 1. The van der Waals surface area contributed by atoms with Crippen molar-refractivity contribution in [1.82, 2.24) is 5.32 Å². The average molecular weight is 337 g/mol. The Morgan fingerprint density at radius 2 is 1.91 bits per heavy atom. The number of aliphatic carboxylic acids is 1. The van der Waals surface area contributed by atoms with Crippen LogP contribution in [0.15, 0.2) is 29.2 Å². The Morgan fingerprint density at radius 1 is 1.30 bits per heavy atom. The van der Waals surface area contributed by atoms with E-state index in [0.717, 1.165) is 0 Å². The Labute approximate surface area is 135 Å². The summed E-state index contributed by atoms with van der Waals surface area (Å²) in [5, 5.41) is 12.5. The molecule has 2 N–H and O–H groups in total. The Hall–Kier alpha value is -2.04. The molecule has 6 nitrogen and oxygen atoms in total. The van der Waals surface area contributed by atoms with Gasteiger partial charge in [0.1, 0.15) is 12.4 Å². The fraction of sp³-hybridized carbons (Fsp3) is 0.438. The van der Waals surface area contributed by atoms with Crippen LogP contribution >= 0.6 is 0 Å². The van der Waals surface area contributed by atoms with Gasteiger partial charge in [0.2, 0.25) is 0 Å². The molecule has 1 aliphatic rings. The molecule has 1 heterocycles. The fourth-order valence-corrected chi connectivity index (χ4v) is 4.48. The maximum Gasteiger partial charge on any atom is 0.325 e. The molecular weight excluding hydrogens is 318 g/mol. The highest BCUT2D eigenvalue weighted by Crippen LogP contribution is 2.34. The summed E-state index contributed by atoms with van der Waals surface area (Å²) in [7, 11) is -3.99. The third-order valence-electron chi connectivity index (χ3n) is 3.94. The van der Waals surface area contributed by atoms with Gasteiger partial charge < -0.3 is 15.2 Å². The van der Waals surface area contributed by atoms with Crippen LogP contribution in [0.4, 0.5) is 0 Å². The van der Waals surface area contributed by atoms with Crippen molar-refractivity contribution in [3.05, 3.63) is 24.3 Å². The predicted molar refractivity (Wildman–Crippen MR) is 85.0 cm³/mol. The number of ether oxygens (including phenoxy) is 1. The van der Waals surface area contributed by atoms with Crippen LogP contribution in [0.3, 0.4) is 0 Å². The lowest BCUT2D eigenvalue weighted by molar-refractivity contribution is -0.140. The van der Waals surface area contributed by atoms with Crippen molar-refractivity contribution in [3.8, 4) is 17.6 Å². The van der Waals surface area contributed by atoms with E-state index in [1.807, 2.05) is 0 Å². The Morgan fingerprint density at radius 3 is 2.43 bits per heavy atom. The molecule has 0 saturated carbocycles. The van der Waals surface area contributed by atoms with Gasteiger partial charge in [-0.1, -0.05) is 5.92 Å². The van der Waals surface area contributed by atoms with Gasteiger partial charge in [0.05, 0.1) is 4.90 Å². The molecule has 1 saturated heterocycles. The third kappa shape index (κ3) is 3.33. The van der Waals surface area contributed by atoms with Crippen LogP contribution in [0.25, 0.3) is 0 Å². The van der Waals surface area contributed by atoms with Crippen molar-refractivity contribution in [1.29, 1.82) is 0 Å². The Kier molecular flexibility index (Phi) is 5.29. The van der Waals surface area contributed by atoms with Gasteiger partial charge >= 0.3 is 5.97 Å². The molecule has 1 aromatic carbocycles. The molecule has 1 fully saturated rings. The van der Waals surface area contributed by atoms with E-state index in [1.165, 1.54) is 24.3 Å². The summed E-state index contributed by atoms with van der Waals surface area (Å²) < 4.78 is 29.3. The Balaban J connectivity index is 2.30. The summed E-state index contributed by atoms with van der Waals surface area (Å²) in [6.45, 7) is 2.64. The van der Waals surface area contributed by atoms with Gasteiger partial charge in [-0.25, -0.2) is 8.42 Å². The lowest BCUT2D eigenvalue weighted by Gasteiger charge is -2.33. The molecule has 0 unspecified atom stereocenters. The monoisotopic (exact) mass is 337 g/mol. The highest BCUT2D eigenvalue weighted by Gasteiger charge is 2.52. The van der Waals surface area contributed by atoms with Crippen LogP contribution in [-0.4, -0.2) is 43.9 Å². The van der Waals surface area contributed by atoms with Gasteiger partial charge in [0.15, 0.2) is 14.6 Å². The number of hydrogen-bond donors (Lipinski definition) is 2. The summed E-state index contributed by atoms with van der Waals surface area (Å²) >= 11 is 0. The summed E-state index contributed by atoms with van der Waals surface area (Å²) in [6.07, 6.45) is 0.101. The number of rotatable bonds is 5. The molecule has 0 radical (unpaired) electrons. The van der Waals surface area contributed by atoms with Crippen molar-refractivity contribution < 1.29 is 23.1 Å². The van der Waals surface area contributed by atoms with Gasteiger partial charge in [0, 0.05) is 0 Å². The van der Waals surface area contributed by atoms with Crippen molar-refractivity contribution in [3.63, 3.8) is 0 Å². The fourth-order valence-electron chi connectivity index (χ4n) is 2.56. The van der Waals surface area contributed by atoms with Crippen LogP contribution in [0.5, 0.6) is 5.75 Å².